The fraction of sp³-hybridized carbons (Fsp3) is 0.238. The monoisotopic (exact) mass is 415 g/mol. The minimum Gasteiger partial charge on any atom is -0.495 e. The van der Waals surface area contributed by atoms with Crippen LogP contribution in [0.1, 0.15) is 16.8 Å². The van der Waals surface area contributed by atoms with Crippen LogP contribution in [-0.4, -0.2) is 28.5 Å². The second kappa shape index (κ2) is 7.95. The van der Waals surface area contributed by atoms with E-state index in [1.54, 1.807) is 19.2 Å². The van der Waals surface area contributed by atoms with Gasteiger partial charge in [-0.15, -0.1) is 0 Å². The number of halogens is 2. The highest BCUT2D eigenvalue weighted by atomic mass is 35.5. The van der Waals surface area contributed by atoms with Gasteiger partial charge in [-0.3, -0.25) is 9.69 Å². The topological polar surface area (TPSA) is 58.2 Å². The van der Waals surface area contributed by atoms with Crippen LogP contribution >= 0.6 is 23.2 Å². The lowest BCUT2D eigenvalue weighted by molar-refractivity contribution is 0.240. The maximum atomic E-state index is 12.5. The highest BCUT2D eigenvalue weighted by Gasteiger charge is 2.22. The molecule has 1 aliphatic rings. The molecule has 0 unspecified atom stereocenters. The lowest BCUT2D eigenvalue weighted by atomic mass is 10.0. The third kappa shape index (κ3) is 3.78. The van der Waals surface area contributed by atoms with Crippen molar-refractivity contribution in [1.82, 2.24) is 14.9 Å². The number of nitrogens with one attached hydrogen (secondary N) is 1. The van der Waals surface area contributed by atoms with Crippen LogP contribution in [0.3, 0.4) is 0 Å². The van der Waals surface area contributed by atoms with E-state index in [0.717, 1.165) is 28.9 Å². The molecule has 0 radical (unpaired) electrons. The van der Waals surface area contributed by atoms with E-state index in [1.807, 2.05) is 30.3 Å². The average Bonchev–Trinajstić information content (AvgIpc) is 2.70. The molecule has 0 bridgehead atoms. The molecular weight excluding hydrogens is 397 g/mol. The lowest BCUT2D eigenvalue weighted by Gasteiger charge is -2.28. The van der Waals surface area contributed by atoms with Crippen LogP contribution in [-0.2, 0) is 19.5 Å². The molecule has 0 aliphatic carbocycles. The number of hydrogen-bond donors (Lipinski definition) is 1. The SMILES string of the molecule is COc1cccc(CN2CCc3c(nc(-c4ccc(Cl)cc4)[nH]c3=O)C2)c1Cl. The highest BCUT2D eigenvalue weighted by molar-refractivity contribution is 6.32. The number of ether oxygens (including phenoxy) is 1. The second-order valence-electron chi connectivity index (χ2n) is 6.74. The van der Waals surface area contributed by atoms with Gasteiger partial charge in [0.2, 0.25) is 0 Å². The summed E-state index contributed by atoms with van der Waals surface area (Å²) in [6, 6.07) is 13.0. The molecule has 3 aromatic rings. The van der Waals surface area contributed by atoms with Crippen molar-refractivity contribution in [3.8, 4) is 17.1 Å². The van der Waals surface area contributed by atoms with Gasteiger partial charge in [-0.2, -0.15) is 0 Å². The Morgan fingerprint density at radius 1 is 1.18 bits per heavy atom. The summed E-state index contributed by atoms with van der Waals surface area (Å²) in [5.74, 6) is 1.22. The minimum absolute atomic E-state index is 0.0750. The molecule has 2 heterocycles. The van der Waals surface area contributed by atoms with Gasteiger partial charge in [0.25, 0.3) is 5.56 Å². The number of fused-ring (bicyclic) bond motifs is 1. The maximum absolute atomic E-state index is 12.5. The quantitative estimate of drug-likeness (QED) is 0.689. The Morgan fingerprint density at radius 3 is 2.71 bits per heavy atom. The van der Waals surface area contributed by atoms with Crippen LogP contribution < -0.4 is 10.3 Å². The lowest BCUT2D eigenvalue weighted by Crippen LogP contribution is -2.35. The molecule has 1 aromatic heterocycles. The smallest absolute Gasteiger partial charge is 0.254 e. The van der Waals surface area contributed by atoms with Crippen molar-refractivity contribution in [3.63, 3.8) is 0 Å². The van der Waals surface area contributed by atoms with Crippen LogP contribution in [0.2, 0.25) is 10.0 Å². The van der Waals surface area contributed by atoms with E-state index >= 15 is 0 Å². The molecular formula is C21H19Cl2N3O2. The molecule has 4 rings (SSSR count). The maximum Gasteiger partial charge on any atom is 0.254 e. The van der Waals surface area contributed by atoms with E-state index in [0.29, 0.717) is 41.1 Å². The fourth-order valence-corrected chi connectivity index (χ4v) is 3.84. The molecule has 0 atom stereocenters. The van der Waals surface area contributed by atoms with E-state index in [1.165, 1.54) is 0 Å². The zero-order chi connectivity index (χ0) is 19.7. The Hall–Kier alpha value is -2.34. The first-order chi connectivity index (χ1) is 13.5. The summed E-state index contributed by atoms with van der Waals surface area (Å²) < 4.78 is 5.30. The van der Waals surface area contributed by atoms with Crippen molar-refractivity contribution in [3.05, 3.63) is 79.7 Å². The standard InChI is InChI=1S/C21H19Cl2N3O2/c1-28-18-4-2-3-14(19(18)23)11-26-10-9-16-17(12-26)24-20(25-21(16)27)13-5-7-15(22)8-6-13/h2-8H,9-12H2,1H3,(H,24,25,27). The molecule has 1 aliphatic heterocycles. The number of benzene rings is 2. The van der Waals surface area contributed by atoms with Gasteiger partial charge < -0.3 is 9.72 Å². The van der Waals surface area contributed by atoms with Crippen LogP contribution in [0, 0.1) is 0 Å². The number of aromatic amines is 1. The zero-order valence-corrected chi connectivity index (χ0v) is 16.8. The minimum atomic E-state index is -0.0750. The van der Waals surface area contributed by atoms with E-state index in [-0.39, 0.29) is 5.56 Å². The molecule has 0 saturated heterocycles. The van der Waals surface area contributed by atoms with E-state index in [9.17, 15) is 4.79 Å². The molecule has 0 saturated carbocycles. The summed E-state index contributed by atoms with van der Waals surface area (Å²) in [6.45, 7) is 2.03. The van der Waals surface area contributed by atoms with Crippen molar-refractivity contribution in [1.29, 1.82) is 0 Å². The summed E-state index contributed by atoms with van der Waals surface area (Å²) in [5, 5.41) is 1.27. The van der Waals surface area contributed by atoms with E-state index in [2.05, 4.69) is 9.88 Å². The fourth-order valence-electron chi connectivity index (χ4n) is 3.45. The highest BCUT2D eigenvalue weighted by Crippen LogP contribution is 2.29. The molecule has 0 fully saturated rings. The van der Waals surface area contributed by atoms with Gasteiger partial charge in [0, 0.05) is 35.8 Å². The van der Waals surface area contributed by atoms with E-state index in [4.69, 9.17) is 32.9 Å². The normalized spacial score (nSPS) is 14.0. The van der Waals surface area contributed by atoms with Gasteiger partial charge in [0.1, 0.15) is 11.6 Å². The van der Waals surface area contributed by atoms with Crippen molar-refractivity contribution in [2.24, 2.45) is 0 Å². The number of rotatable bonds is 4. The van der Waals surface area contributed by atoms with Crippen LogP contribution in [0.4, 0.5) is 0 Å². The zero-order valence-electron chi connectivity index (χ0n) is 15.3. The number of hydrogen-bond acceptors (Lipinski definition) is 4. The van der Waals surface area contributed by atoms with Crippen molar-refractivity contribution < 1.29 is 4.74 Å². The molecule has 5 nitrogen and oxygen atoms in total. The Morgan fingerprint density at radius 2 is 1.96 bits per heavy atom. The number of nitrogens with zero attached hydrogens (tertiary/aromatic N) is 2. The molecule has 2 aromatic carbocycles. The van der Waals surface area contributed by atoms with Gasteiger partial charge in [0.05, 0.1) is 17.8 Å². The van der Waals surface area contributed by atoms with Crippen LogP contribution in [0.15, 0.2) is 47.3 Å². The summed E-state index contributed by atoms with van der Waals surface area (Å²) in [5.41, 5.74) is 3.31. The third-order valence-electron chi connectivity index (χ3n) is 4.93. The number of methoxy groups -OCH3 is 1. The molecule has 0 amide bonds. The first-order valence-electron chi connectivity index (χ1n) is 8.97. The Kier molecular flexibility index (Phi) is 5.40. The van der Waals surface area contributed by atoms with Gasteiger partial charge >= 0.3 is 0 Å². The predicted molar refractivity (Wildman–Crippen MR) is 111 cm³/mol. The van der Waals surface area contributed by atoms with Crippen molar-refractivity contribution >= 4 is 23.2 Å². The molecule has 0 spiro atoms. The summed E-state index contributed by atoms with van der Waals surface area (Å²) in [6.07, 6.45) is 0.653. The molecule has 7 heteroatoms. The van der Waals surface area contributed by atoms with Crippen molar-refractivity contribution in [2.45, 2.75) is 19.5 Å². The van der Waals surface area contributed by atoms with Gasteiger partial charge in [-0.05, 0) is 42.3 Å². The van der Waals surface area contributed by atoms with Gasteiger partial charge in [0.15, 0.2) is 0 Å². The van der Waals surface area contributed by atoms with Gasteiger partial charge in [-0.25, -0.2) is 4.98 Å². The van der Waals surface area contributed by atoms with Crippen LogP contribution in [0.25, 0.3) is 11.4 Å². The summed E-state index contributed by atoms with van der Waals surface area (Å²) in [7, 11) is 1.61. The third-order valence-corrected chi connectivity index (χ3v) is 5.61. The second-order valence-corrected chi connectivity index (χ2v) is 7.56. The number of H-pyrrole nitrogens is 1. The Bertz CT molecular complexity index is 1060. The Balaban J connectivity index is 1.61. The van der Waals surface area contributed by atoms with Crippen molar-refractivity contribution in [2.75, 3.05) is 13.7 Å². The Labute approximate surface area is 172 Å². The van der Waals surface area contributed by atoms with E-state index < -0.39 is 0 Å². The average molecular weight is 416 g/mol. The van der Waals surface area contributed by atoms with Gasteiger partial charge in [-0.1, -0.05) is 35.3 Å². The molecule has 28 heavy (non-hydrogen) atoms. The first kappa shape index (κ1) is 19.0. The molecule has 144 valence electrons. The number of aromatic nitrogens is 2. The summed E-state index contributed by atoms with van der Waals surface area (Å²) >= 11 is 12.4. The predicted octanol–water partition coefficient (Wildman–Crippen LogP) is 4.31. The van der Waals surface area contributed by atoms with Crippen LogP contribution in [0.5, 0.6) is 5.75 Å². The summed E-state index contributed by atoms with van der Waals surface area (Å²) in [4.78, 5) is 22.4. The molecule has 1 N–H and O–H groups in total. The largest absolute Gasteiger partial charge is 0.495 e. The first-order valence-corrected chi connectivity index (χ1v) is 9.72.